The quantitative estimate of drug-likeness (QED) is 0.189. The minimum absolute atomic E-state index is 0.00668. The third-order valence-corrected chi connectivity index (χ3v) is 6.00. The fraction of sp³-hybridized carbons (Fsp3) is 0.692. The zero-order valence-corrected chi connectivity index (χ0v) is 23.5. The molecule has 0 aliphatic carbocycles. The first-order chi connectivity index (χ1) is 18.2. The number of likely N-dealkylation sites (N-methyl/N-ethyl adjacent to an activating group) is 1. The highest BCUT2D eigenvalue weighted by Gasteiger charge is 2.27. The lowest BCUT2D eigenvalue weighted by Crippen LogP contribution is -2.46. The Morgan fingerprint density at radius 1 is 0.974 bits per heavy atom. The largest absolute Gasteiger partial charge is 0.480 e. The van der Waals surface area contributed by atoms with E-state index in [0.717, 1.165) is 4.90 Å². The zero-order valence-electron chi connectivity index (χ0n) is 23.5. The van der Waals surface area contributed by atoms with Gasteiger partial charge in [-0.3, -0.25) is 28.9 Å². The predicted molar refractivity (Wildman–Crippen MR) is 140 cm³/mol. The van der Waals surface area contributed by atoms with Gasteiger partial charge in [0.1, 0.15) is 13.2 Å². The van der Waals surface area contributed by atoms with E-state index < -0.39 is 35.5 Å². The number of carbonyl (C=O) groups excluding carboxylic acids is 5. The van der Waals surface area contributed by atoms with Gasteiger partial charge in [-0.1, -0.05) is 0 Å². The summed E-state index contributed by atoms with van der Waals surface area (Å²) in [5.74, 6) is -2.81. The Morgan fingerprint density at radius 2 is 1.62 bits per heavy atom. The van der Waals surface area contributed by atoms with Crippen molar-refractivity contribution in [2.45, 2.75) is 71.4 Å². The molecule has 0 saturated heterocycles. The SMILES string of the molecule is CCN(CCNC(=O)CCC(C)(C)OCCC(C)(C)NC(=O)CCN1C(=O)C=CC1=O)C(=O)COCC(=O)O. The highest BCUT2D eigenvalue weighted by molar-refractivity contribution is 6.13. The minimum atomic E-state index is -1.15. The molecule has 0 radical (unpaired) electrons. The van der Waals surface area contributed by atoms with Gasteiger partial charge in [-0.25, -0.2) is 4.79 Å². The standard InChI is InChI=1S/C26H42N4O9/c1-6-29(23(35)17-38-18-24(36)37)15-13-27-19(31)9-11-26(4,5)39-16-12-25(2,3)28-20(32)10-14-30-21(33)7-8-22(30)34/h7-8H,6,9-18H2,1-5H3,(H,27,31)(H,28,32)(H,36,37). The van der Waals surface area contributed by atoms with Gasteiger partial charge in [0.15, 0.2) is 0 Å². The van der Waals surface area contributed by atoms with Gasteiger partial charge in [-0.2, -0.15) is 0 Å². The van der Waals surface area contributed by atoms with E-state index in [4.69, 9.17) is 14.6 Å². The van der Waals surface area contributed by atoms with Crippen LogP contribution in [0, 0.1) is 0 Å². The van der Waals surface area contributed by atoms with Crippen molar-refractivity contribution in [1.82, 2.24) is 20.4 Å². The second-order valence-corrected chi connectivity index (χ2v) is 10.4. The molecule has 0 bridgehead atoms. The van der Waals surface area contributed by atoms with Crippen LogP contribution in [0.4, 0.5) is 0 Å². The van der Waals surface area contributed by atoms with E-state index in [1.165, 1.54) is 17.1 Å². The molecule has 39 heavy (non-hydrogen) atoms. The van der Waals surface area contributed by atoms with Crippen molar-refractivity contribution in [3.05, 3.63) is 12.2 Å². The van der Waals surface area contributed by atoms with Crippen molar-refractivity contribution in [3.8, 4) is 0 Å². The van der Waals surface area contributed by atoms with Crippen LogP contribution in [0.3, 0.4) is 0 Å². The highest BCUT2D eigenvalue weighted by Crippen LogP contribution is 2.19. The van der Waals surface area contributed by atoms with Crippen LogP contribution in [0.25, 0.3) is 0 Å². The van der Waals surface area contributed by atoms with Crippen molar-refractivity contribution < 1.29 is 43.3 Å². The molecular weight excluding hydrogens is 512 g/mol. The average molecular weight is 555 g/mol. The summed E-state index contributed by atoms with van der Waals surface area (Å²) in [4.78, 5) is 72.8. The summed E-state index contributed by atoms with van der Waals surface area (Å²) in [5.41, 5.74) is -1.17. The highest BCUT2D eigenvalue weighted by atomic mass is 16.5. The number of hydrogen-bond acceptors (Lipinski definition) is 8. The van der Waals surface area contributed by atoms with Crippen molar-refractivity contribution in [2.75, 3.05) is 46.0 Å². The van der Waals surface area contributed by atoms with E-state index in [1.54, 1.807) is 6.92 Å². The maximum absolute atomic E-state index is 12.3. The van der Waals surface area contributed by atoms with Gasteiger partial charge in [-0.15, -0.1) is 0 Å². The van der Waals surface area contributed by atoms with Crippen LogP contribution in [-0.2, 0) is 38.2 Å². The van der Waals surface area contributed by atoms with Crippen molar-refractivity contribution in [3.63, 3.8) is 0 Å². The van der Waals surface area contributed by atoms with Crippen molar-refractivity contribution >= 4 is 35.5 Å². The lowest BCUT2D eigenvalue weighted by atomic mass is 9.99. The summed E-state index contributed by atoms with van der Waals surface area (Å²) in [6.45, 7) is 9.64. The van der Waals surface area contributed by atoms with E-state index in [2.05, 4.69) is 10.6 Å². The summed E-state index contributed by atoms with van der Waals surface area (Å²) >= 11 is 0. The van der Waals surface area contributed by atoms with Gasteiger partial charge in [-0.05, 0) is 47.5 Å². The molecule has 0 saturated carbocycles. The first kappa shape index (κ1) is 33.7. The van der Waals surface area contributed by atoms with Gasteiger partial charge in [0, 0.05) is 63.3 Å². The monoisotopic (exact) mass is 554 g/mol. The number of carbonyl (C=O) groups is 6. The number of rotatable bonds is 19. The van der Waals surface area contributed by atoms with Gasteiger partial charge >= 0.3 is 5.97 Å². The van der Waals surface area contributed by atoms with Gasteiger partial charge in [0.2, 0.25) is 17.7 Å². The van der Waals surface area contributed by atoms with Crippen LogP contribution >= 0.6 is 0 Å². The normalized spacial score (nSPS) is 13.5. The Morgan fingerprint density at radius 3 is 2.21 bits per heavy atom. The Hall–Kier alpha value is -3.32. The molecule has 1 aliphatic rings. The molecule has 13 heteroatoms. The first-order valence-corrected chi connectivity index (χ1v) is 13.0. The number of ether oxygens (including phenoxy) is 2. The molecule has 0 aromatic rings. The van der Waals surface area contributed by atoms with E-state index in [9.17, 15) is 28.8 Å². The van der Waals surface area contributed by atoms with E-state index in [0.29, 0.717) is 26.0 Å². The van der Waals surface area contributed by atoms with Crippen LogP contribution < -0.4 is 10.6 Å². The molecule has 13 nitrogen and oxygen atoms in total. The van der Waals surface area contributed by atoms with Crippen LogP contribution in [0.1, 0.15) is 60.3 Å². The summed E-state index contributed by atoms with van der Waals surface area (Å²) in [5, 5.41) is 14.2. The first-order valence-electron chi connectivity index (χ1n) is 13.0. The molecule has 0 fully saturated rings. The molecule has 5 amide bonds. The number of aliphatic carboxylic acids is 1. The van der Waals surface area contributed by atoms with Crippen LogP contribution in [0.2, 0.25) is 0 Å². The average Bonchev–Trinajstić information content (AvgIpc) is 3.15. The number of amides is 5. The maximum Gasteiger partial charge on any atom is 0.329 e. The third-order valence-electron chi connectivity index (χ3n) is 6.00. The van der Waals surface area contributed by atoms with Crippen molar-refractivity contribution in [2.24, 2.45) is 0 Å². The maximum atomic E-state index is 12.3. The molecular formula is C26H42N4O9. The second kappa shape index (κ2) is 15.9. The second-order valence-electron chi connectivity index (χ2n) is 10.4. The fourth-order valence-electron chi connectivity index (χ4n) is 3.63. The third kappa shape index (κ3) is 13.9. The fourth-order valence-corrected chi connectivity index (χ4v) is 3.63. The molecule has 0 spiro atoms. The van der Waals surface area contributed by atoms with E-state index in [-0.39, 0.29) is 56.8 Å². The molecule has 0 aromatic carbocycles. The number of carboxylic acids is 1. The van der Waals surface area contributed by atoms with Crippen LogP contribution in [0.5, 0.6) is 0 Å². The minimum Gasteiger partial charge on any atom is -0.480 e. The van der Waals surface area contributed by atoms with E-state index >= 15 is 0 Å². The number of imide groups is 1. The lowest BCUT2D eigenvalue weighted by molar-refractivity contribution is -0.146. The molecule has 0 aromatic heterocycles. The summed E-state index contributed by atoms with van der Waals surface area (Å²) in [7, 11) is 0. The Kier molecular flexibility index (Phi) is 13.8. The molecule has 1 rings (SSSR count). The molecule has 0 atom stereocenters. The van der Waals surface area contributed by atoms with Gasteiger partial charge < -0.3 is 30.1 Å². The molecule has 1 aliphatic heterocycles. The Labute approximate surface area is 229 Å². The molecule has 220 valence electrons. The van der Waals surface area contributed by atoms with Crippen molar-refractivity contribution in [1.29, 1.82) is 0 Å². The smallest absolute Gasteiger partial charge is 0.329 e. The number of hydrogen-bond donors (Lipinski definition) is 3. The van der Waals surface area contributed by atoms with Gasteiger partial charge in [0.05, 0.1) is 5.60 Å². The number of carboxylic acid groups (broad SMARTS) is 1. The predicted octanol–water partition coefficient (Wildman–Crippen LogP) is 0.228. The molecule has 0 unspecified atom stereocenters. The Balaban J connectivity index is 2.28. The summed E-state index contributed by atoms with van der Waals surface area (Å²) < 4.78 is 10.8. The molecule has 1 heterocycles. The molecule has 3 N–H and O–H groups in total. The topological polar surface area (TPSA) is 172 Å². The lowest BCUT2D eigenvalue weighted by Gasteiger charge is -2.30. The summed E-state index contributed by atoms with van der Waals surface area (Å²) in [6.07, 6.45) is 3.55. The van der Waals surface area contributed by atoms with Gasteiger partial charge in [0.25, 0.3) is 11.8 Å². The van der Waals surface area contributed by atoms with E-state index in [1.807, 2.05) is 27.7 Å². The van der Waals surface area contributed by atoms with Crippen LogP contribution in [0.15, 0.2) is 12.2 Å². The zero-order chi connectivity index (χ0) is 29.6. The number of nitrogens with one attached hydrogen (secondary N) is 2. The summed E-state index contributed by atoms with van der Waals surface area (Å²) in [6, 6.07) is 0. The number of nitrogens with zero attached hydrogens (tertiary/aromatic N) is 2. The Bertz CT molecular complexity index is 912. The van der Waals surface area contributed by atoms with Crippen LogP contribution in [-0.4, -0.2) is 108 Å².